The van der Waals surface area contributed by atoms with Crippen molar-refractivity contribution in [2.75, 3.05) is 19.7 Å². The van der Waals surface area contributed by atoms with E-state index in [2.05, 4.69) is 5.48 Å². The van der Waals surface area contributed by atoms with E-state index < -0.39 is 0 Å². The number of carbonyl (C=O) groups is 1. The van der Waals surface area contributed by atoms with E-state index in [9.17, 15) is 4.79 Å². The van der Waals surface area contributed by atoms with Crippen LogP contribution in [0.2, 0.25) is 0 Å². The molecule has 0 saturated carbocycles. The van der Waals surface area contributed by atoms with Gasteiger partial charge < -0.3 is 9.47 Å². The first-order valence-electron chi connectivity index (χ1n) is 7.28. The maximum atomic E-state index is 11.6. The van der Waals surface area contributed by atoms with Crippen molar-refractivity contribution in [2.45, 2.75) is 20.3 Å². The molecule has 0 aliphatic carbocycles. The molecule has 0 spiro atoms. The van der Waals surface area contributed by atoms with E-state index in [1.54, 1.807) is 0 Å². The van der Waals surface area contributed by atoms with Gasteiger partial charge in [-0.15, -0.1) is 0 Å². The smallest absolute Gasteiger partial charge is 0.309 e. The molecule has 0 saturated heterocycles. The van der Waals surface area contributed by atoms with Gasteiger partial charge in [0.1, 0.15) is 11.4 Å². The third-order valence-corrected chi connectivity index (χ3v) is 3.60. The van der Waals surface area contributed by atoms with Crippen molar-refractivity contribution >= 4 is 11.7 Å². The van der Waals surface area contributed by atoms with Gasteiger partial charge in [0.05, 0.1) is 20.6 Å². The Morgan fingerprint density at radius 2 is 1.83 bits per heavy atom. The Morgan fingerprint density at radius 1 is 1.09 bits per heavy atom. The topological polar surface area (TPSA) is 56.8 Å². The van der Waals surface area contributed by atoms with Crippen LogP contribution in [0.1, 0.15) is 16.7 Å². The molecule has 0 bridgehead atoms. The van der Waals surface area contributed by atoms with Gasteiger partial charge in [-0.25, -0.2) is 0 Å². The lowest BCUT2D eigenvalue weighted by molar-refractivity contribution is -0.139. The minimum Gasteiger partial charge on any atom is -0.469 e. The molecule has 2 aromatic carbocycles. The number of methoxy groups -OCH3 is 1. The number of anilines is 1. The molecule has 5 nitrogen and oxygen atoms in total. The van der Waals surface area contributed by atoms with Gasteiger partial charge >= 0.3 is 5.97 Å². The Kier molecular flexibility index (Phi) is 5.60. The number of ether oxygens (including phenoxy) is 2. The third-order valence-electron chi connectivity index (χ3n) is 3.60. The summed E-state index contributed by atoms with van der Waals surface area (Å²) in [5.41, 5.74) is 6.24. The molecule has 5 heteroatoms. The van der Waals surface area contributed by atoms with Gasteiger partial charge in [-0.2, -0.15) is 0 Å². The minimum absolute atomic E-state index is 0.194. The molecular weight excluding hydrogens is 294 g/mol. The standard InChI is InChI=1S/C18H21NO4/c1-12-7-5-6-8-16(12)23-18-13(2)14(11-17(20)21-3)9-10-15(18)19-22-4/h5-10,19H,11H2,1-4H3. The van der Waals surface area contributed by atoms with Gasteiger partial charge in [-0.3, -0.25) is 15.1 Å². The molecule has 0 unspecified atom stereocenters. The summed E-state index contributed by atoms with van der Waals surface area (Å²) in [6.45, 7) is 3.89. The van der Waals surface area contributed by atoms with Crippen LogP contribution in [0.5, 0.6) is 11.5 Å². The molecule has 0 aliphatic heterocycles. The number of rotatable bonds is 6. The molecule has 0 aromatic heterocycles. The van der Waals surface area contributed by atoms with Crippen LogP contribution in [0.25, 0.3) is 0 Å². The number of para-hydroxylation sites is 1. The van der Waals surface area contributed by atoms with E-state index in [4.69, 9.17) is 14.3 Å². The van der Waals surface area contributed by atoms with Crippen molar-refractivity contribution in [3.8, 4) is 11.5 Å². The van der Waals surface area contributed by atoms with Crippen LogP contribution >= 0.6 is 0 Å². The zero-order chi connectivity index (χ0) is 16.8. The number of esters is 1. The number of aryl methyl sites for hydroxylation is 1. The van der Waals surface area contributed by atoms with Crippen molar-refractivity contribution in [3.63, 3.8) is 0 Å². The van der Waals surface area contributed by atoms with Gasteiger partial charge in [-0.05, 0) is 42.7 Å². The zero-order valence-electron chi connectivity index (χ0n) is 13.8. The quantitative estimate of drug-likeness (QED) is 0.649. The number of hydrogen-bond donors (Lipinski definition) is 1. The second-order valence-electron chi connectivity index (χ2n) is 5.15. The molecule has 0 heterocycles. The van der Waals surface area contributed by atoms with Crippen LogP contribution in [0.3, 0.4) is 0 Å². The number of nitrogens with one attached hydrogen (secondary N) is 1. The van der Waals surface area contributed by atoms with Crippen molar-refractivity contribution in [3.05, 3.63) is 53.1 Å². The predicted molar refractivity (Wildman–Crippen MR) is 88.8 cm³/mol. The lowest BCUT2D eigenvalue weighted by atomic mass is 10.0. The molecule has 0 aliphatic rings. The van der Waals surface area contributed by atoms with E-state index in [0.29, 0.717) is 11.4 Å². The summed E-state index contributed by atoms with van der Waals surface area (Å²) < 4.78 is 10.8. The molecular formula is C18H21NO4. The van der Waals surface area contributed by atoms with Crippen molar-refractivity contribution in [1.29, 1.82) is 0 Å². The monoisotopic (exact) mass is 315 g/mol. The molecule has 0 radical (unpaired) electrons. The lowest BCUT2D eigenvalue weighted by Crippen LogP contribution is -2.08. The summed E-state index contributed by atoms with van der Waals surface area (Å²) in [7, 11) is 2.92. The number of benzene rings is 2. The Labute approximate surface area is 136 Å². The molecule has 0 atom stereocenters. The molecule has 23 heavy (non-hydrogen) atoms. The van der Waals surface area contributed by atoms with Gasteiger partial charge in [0.15, 0.2) is 5.75 Å². The third kappa shape index (κ3) is 4.02. The van der Waals surface area contributed by atoms with Gasteiger partial charge in [0.2, 0.25) is 0 Å². The number of carbonyl (C=O) groups excluding carboxylic acids is 1. The average molecular weight is 315 g/mol. The summed E-state index contributed by atoms with van der Waals surface area (Å²) in [5, 5.41) is 0. The Morgan fingerprint density at radius 3 is 2.48 bits per heavy atom. The minimum atomic E-state index is -0.289. The summed E-state index contributed by atoms with van der Waals surface area (Å²) in [6.07, 6.45) is 0.194. The van der Waals surface area contributed by atoms with Crippen LogP contribution in [0.4, 0.5) is 5.69 Å². The van der Waals surface area contributed by atoms with E-state index in [1.165, 1.54) is 14.2 Å². The summed E-state index contributed by atoms with van der Waals surface area (Å²) in [6, 6.07) is 11.4. The van der Waals surface area contributed by atoms with Crippen LogP contribution in [0.15, 0.2) is 36.4 Å². The maximum absolute atomic E-state index is 11.6. The molecule has 1 N–H and O–H groups in total. The fourth-order valence-corrected chi connectivity index (χ4v) is 2.25. The first kappa shape index (κ1) is 16.8. The van der Waals surface area contributed by atoms with E-state index in [-0.39, 0.29) is 12.4 Å². The highest BCUT2D eigenvalue weighted by atomic mass is 16.6. The normalized spacial score (nSPS) is 10.3. The second kappa shape index (κ2) is 7.65. The second-order valence-corrected chi connectivity index (χ2v) is 5.15. The summed E-state index contributed by atoms with van der Waals surface area (Å²) in [5.74, 6) is 1.09. The highest BCUT2D eigenvalue weighted by Gasteiger charge is 2.15. The van der Waals surface area contributed by atoms with Crippen LogP contribution in [0, 0.1) is 13.8 Å². The predicted octanol–water partition coefficient (Wildman–Crippen LogP) is 3.78. The zero-order valence-corrected chi connectivity index (χ0v) is 13.8. The first-order chi connectivity index (χ1) is 11.1. The van der Waals surface area contributed by atoms with E-state index in [1.807, 2.05) is 50.2 Å². The Hall–Kier alpha value is -2.53. The lowest BCUT2D eigenvalue weighted by Gasteiger charge is -2.18. The van der Waals surface area contributed by atoms with Gasteiger partial charge in [0.25, 0.3) is 0 Å². The Balaban J connectivity index is 2.43. The average Bonchev–Trinajstić information content (AvgIpc) is 2.55. The first-order valence-corrected chi connectivity index (χ1v) is 7.28. The molecule has 2 rings (SSSR count). The van der Waals surface area contributed by atoms with Crippen molar-refractivity contribution in [1.82, 2.24) is 0 Å². The largest absolute Gasteiger partial charge is 0.469 e. The summed E-state index contributed by atoms with van der Waals surface area (Å²) in [4.78, 5) is 16.6. The van der Waals surface area contributed by atoms with Gasteiger partial charge in [-0.1, -0.05) is 24.3 Å². The number of hydrogen-bond acceptors (Lipinski definition) is 5. The highest BCUT2D eigenvalue weighted by Crippen LogP contribution is 2.36. The molecule has 122 valence electrons. The maximum Gasteiger partial charge on any atom is 0.309 e. The molecule has 0 amide bonds. The van der Waals surface area contributed by atoms with Crippen LogP contribution < -0.4 is 10.2 Å². The highest BCUT2D eigenvalue weighted by molar-refractivity contribution is 5.74. The van der Waals surface area contributed by atoms with Crippen LogP contribution in [-0.2, 0) is 20.8 Å². The van der Waals surface area contributed by atoms with Gasteiger partial charge in [0, 0.05) is 0 Å². The fraction of sp³-hybridized carbons (Fsp3) is 0.278. The fourth-order valence-electron chi connectivity index (χ4n) is 2.25. The van der Waals surface area contributed by atoms with E-state index >= 15 is 0 Å². The van der Waals surface area contributed by atoms with E-state index in [0.717, 1.165) is 22.4 Å². The van der Waals surface area contributed by atoms with Crippen LogP contribution in [-0.4, -0.2) is 20.2 Å². The molecule has 0 fully saturated rings. The SMILES string of the molecule is CONc1ccc(CC(=O)OC)c(C)c1Oc1ccccc1C. The Bertz CT molecular complexity index is 697. The molecule has 2 aromatic rings. The summed E-state index contributed by atoms with van der Waals surface area (Å²) >= 11 is 0. The van der Waals surface area contributed by atoms with Crippen molar-refractivity contribution < 1.29 is 19.1 Å². The van der Waals surface area contributed by atoms with Crippen molar-refractivity contribution in [2.24, 2.45) is 0 Å².